The molecule has 0 spiro atoms. The molecule has 0 radical (unpaired) electrons. The van der Waals surface area contributed by atoms with Gasteiger partial charge in [0.2, 0.25) is 0 Å². The van der Waals surface area contributed by atoms with Gasteiger partial charge in [-0.25, -0.2) is 0 Å². The second kappa shape index (κ2) is 1.65. The fraction of sp³-hybridized carbons (Fsp3) is 0.200. The molecule has 0 saturated heterocycles. The summed E-state index contributed by atoms with van der Waals surface area (Å²) < 4.78 is 11.6. The summed E-state index contributed by atoms with van der Waals surface area (Å²) in [6, 6.07) is 0. The van der Waals surface area contributed by atoms with E-state index in [1.807, 2.05) is 0 Å². The lowest BCUT2D eigenvalue weighted by molar-refractivity contribution is 0.286. The molecule has 0 aromatic carbocycles. The zero-order valence-electron chi connectivity index (χ0n) is 4.29. The highest BCUT2D eigenvalue weighted by Crippen LogP contribution is 1.87. The van der Waals surface area contributed by atoms with E-state index in [4.69, 9.17) is 1.37 Å². The number of allylic oxidation sites excluding steroid dienone is 2. The SMILES string of the molecule is [2H]C1C=CC=CO1. The average molecular weight is 83.1 g/mol. The minimum absolute atomic E-state index is 0.481. The minimum Gasteiger partial charge on any atom is -0.497 e. The zero-order valence-corrected chi connectivity index (χ0v) is 3.29. The van der Waals surface area contributed by atoms with Gasteiger partial charge < -0.3 is 4.74 Å². The summed E-state index contributed by atoms with van der Waals surface area (Å²) in [4.78, 5) is 0. The smallest absolute Gasteiger partial charge is 0.106 e. The quantitative estimate of drug-likeness (QED) is 0.426. The fourth-order valence-electron chi connectivity index (χ4n) is 0.291. The van der Waals surface area contributed by atoms with E-state index in [0.717, 1.165) is 0 Å². The van der Waals surface area contributed by atoms with E-state index in [-0.39, 0.29) is 0 Å². The maximum atomic E-state index is 6.91. The van der Waals surface area contributed by atoms with Crippen LogP contribution in [0.1, 0.15) is 1.37 Å². The van der Waals surface area contributed by atoms with Crippen LogP contribution in [0.5, 0.6) is 0 Å². The van der Waals surface area contributed by atoms with E-state index >= 15 is 0 Å². The predicted molar refractivity (Wildman–Crippen MR) is 24.2 cm³/mol. The first-order valence-corrected chi connectivity index (χ1v) is 1.80. The van der Waals surface area contributed by atoms with Crippen LogP contribution in [-0.4, -0.2) is 6.58 Å². The highest BCUT2D eigenvalue weighted by atomic mass is 16.5. The van der Waals surface area contributed by atoms with Crippen LogP contribution in [0, 0.1) is 0 Å². The molecule has 1 unspecified atom stereocenters. The van der Waals surface area contributed by atoms with Crippen molar-refractivity contribution in [1.82, 2.24) is 0 Å². The lowest BCUT2D eigenvalue weighted by atomic mass is 10.5. The maximum Gasteiger partial charge on any atom is 0.106 e. The molecule has 1 aliphatic heterocycles. The molecule has 6 heavy (non-hydrogen) atoms. The summed E-state index contributed by atoms with van der Waals surface area (Å²) >= 11 is 0. The van der Waals surface area contributed by atoms with Crippen molar-refractivity contribution in [1.29, 1.82) is 0 Å². The molecule has 1 aliphatic rings. The molecule has 1 heterocycles. The van der Waals surface area contributed by atoms with E-state index in [1.165, 1.54) is 6.26 Å². The normalized spacial score (nSPS) is 32.0. The van der Waals surface area contributed by atoms with Crippen LogP contribution < -0.4 is 0 Å². The van der Waals surface area contributed by atoms with Crippen LogP contribution in [0.25, 0.3) is 0 Å². The van der Waals surface area contributed by atoms with Gasteiger partial charge in [0.15, 0.2) is 0 Å². The fourth-order valence-corrected chi connectivity index (χ4v) is 0.291. The van der Waals surface area contributed by atoms with Crippen molar-refractivity contribution >= 4 is 0 Å². The van der Waals surface area contributed by atoms with Crippen molar-refractivity contribution in [2.24, 2.45) is 0 Å². The Labute approximate surface area is 38.3 Å². The van der Waals surface area contributed by atoms with Crippen LogP contribution in [0.2, 0.25) is 0 Å². The molecule has 32 valence electrons. The Morgan fingerprint density at radius 2 is 2.67 bits per heavy atom. The molecule has 1 atom stereocenters. The molecule has 0 aromatic heterocycles. The standard InChI is InChI=1S/C5H6O/c1-2-4-6-5-3-1/h1-4H,5H2/i5D. The number of hydrogen-bond acceptors (Lipinski definition) is 1. The summed E-state index contributed by atoms with van der Waals surface area (Å²) in [5.41, 5.74) is 0. The second-order valence-corrected chi connectivity index (χ2v) is 0.986. The summed E-state index contributed by atoms with van der Waals surface area (Å²) in [6.07, 6.45) is 6.73. The van der Waals surface area contributed by atoms with E-state index in [2.05, 4.69) is 4.74 Å². The summed E-state index contributed by atoms with van der Waals surface area (Å²) in [6.45, 7) is -0.481. The largest absolute Gasteiger partial charge is 0.497 e. The van der Waals surface area contributed by atoms with Crippen molar-refractivity contribution in [2.75, 3.05) is 6.58 Å². The Morgan fingerprint density at radius 3 is 3.00 bits per heavy atom. The van der Waals surface area contributed by atoms with Crippen molar-refractivity contribution in [3.05, 3.63) is 24.5 Å². The molecule has 0 amide bonds. The molecular weight excluding hydrogens is 76.1 g/mol. The molecule has 0 N–H and O–H groups in total. The van der Waals surface area contributed by atoms with E-state index in [9.17, 15) is 0 Å². The Bertz CT molecular complexity index is 107. The number of rotatable bonds is 0. The molecule has 0 fully saturated rings. The number of hydrogen-bond donors (Lipinski definition) is 0. The third-order valence-corrected chi connectivity index (χ3v) is 0.536. The first-order chi connectivity index (χ1) is 3.39. The molecule has 1 heteroatoms. The van der Waals surface area contributed by atoms with Gasteiger partial charge in [-0.05, 0) is 12.2 Å². The molecule has 0 bridgehead atoms. The van der Waals surface area contributed by atoms with Gasteiger partial charge in [0, 0.05) is 0 Å². The monoisotopic (exact) mass is 83.0 g/mol. The first-order valence-electron chi connectivity index (χ1n) is 2.38. The van der Waals surface area contributed by atoms with Gasteiger partial charge in [0.1, 0.15) is 6.58 Å². The van der Waals surface area contributed by atoms with Gasteiger partial charge in [0.25, 0.3) is 0 Å². The lowest BCUT2D eigenvalue weighted by Crippen LogP contribution is -1.82. The predicted octanol–water partition coefficient (Wildman–Crippen LogP) is 1.09. The van der Waals surface area contributed by atoms with Crippen LogP contribution in [0.3, 0.4) is 0 Å². The minimum atomic E-state index is -0.481. The summed E-state index contributed by atoms with van der Waals surface area (Å²) in [5.74, 6) is 0. The van der Waals surface area contributed by atoms with Gasteiger partial charge in [-0.15, -0.1) is 0 Å². The van der Waals surface area contributed by atoms with Gasteiger partial charge in [-0.2, -0.15) is 0 Å². The Morgan fingerprint density at radius 1 is 1.67 bits per heavy atom. The van der Waals surface area contributed by atoms with Gasteiger partial charge >= 0.3 is 0 Å². The van der Waals surface area contributed by atoms with Gasteiger partial charge in [-0.1, -0.05) is 6.08 Å². The van der Waals surface area contributed by atoms with Crippen LogP contribution >= 0.6 is 0 Å². The molecule has 1 nitrogen and oxygen atoms in total. The highest BCUT2D eigenvalue weighted by molar-refractivity contribution is 5.02. The van der Waals surface area contributed by atoms with E-state index < -0.39 is 6.58 Å². The Kier molecular flexibility index (Phi) is 0.675. The average Bonchev–Trinajstić information content (AvgIpc) is 1.69. The number of ether oxygens (including phenoxy) is 1. The second-order valence-electron chi connectivity index (χ2n) is 0.986. The maximum absolute atomic E-state index is 6.91. The van der Waals surface area contributed by atoms with Gasteiger partial charge in [-0.3, -0.25) is 0 Å². The van der Waals surface area contributed by atoms with Crippen molar-refractivity contribution in [3.63, 3.8) is 0 Å². The van der Waals surface area contributed by atoms with Crippen LogP contribution in [0.4, 0.5) is 0 Å². The molecule has 0 aromatic rings. The van der Waals surface area contributed by atoms with Crippen LogP contribution in [-0.2, 0) is 4.74 Å². The third-order valence-electron chi connectivity index (χ3n) is 0.536. The first kappa shape index (κ1) is 2.45. The topological polar surface area (TPSA) is 9.23 Å². The molecule has 0 saturated carbocycles. The van der Waals surface area contributed by atoms with Gasteiger partial charge in [0.05, 0.1) is 7.63 Å². The Balaban J connectivity index is 2.49. The zero-order chi connectivity index (χ0) is 5.11. The van der Waals surface area contributed by atoms with E-state index in [1.54, 1.807) is 18.2 Å². The Hall–Kier alpha value is -0.720. The lowest BCUT2D eigenvalue weighted by Gasteiger charge is -1.94. The van der Waals surface area contributed by atoms with E-state index in [0.29, 0.717) is 0 Å². The van der Waals surface area contributed by atoms with Crippen molar-refractivity contribution in [3.8, 4) is 0 Å². The van der Waals surface area contributed by atoms with Crippen molar-refractivity contribution < 1.29 is 6.11 Å². The third kappa shape index (κ3) is 0.612. The summed E-state index contributed by atoms with van der Waals surface area (Å²) in [5, 5.41) is 0. The highest BCUT2D eigenvalue weighted by Gasteiger charge is 1.75. The van der Waals surface area contributed by atoms with Crippen molar-refractivity contribution in [2.45, 2.75) is 0 Å². The molecular formula is C5H6O. The van der Waals surface area contributed by atoms with Crippen LogP contribution in [0.15, 0.2) is 24.5 Å². The molecule has 1 rings (SSSR count). The molecule has 0 aliphatic carbocycles. The summed E-state index contributed by atoms with van der Waals surface area (Å²) in [7, 11) is 0.